The van der Waals surface area contributed by atoms with E-state index in [-0.39, 0.29) is 11.7 Å². The van der Waals surface area contributed by atoms with Crippen LogP contribution in [0, 0.1) is 0 Å². The summed E-state index contributed by atoms with van der Waals surface area (Å²) in [4.78, 5) is 25.5. The van der Waals surface area contributed by atoms with Crippen molar-refractivity contribution in [2.75, 3.05) is 14.1 Å². The van der Waals surface area contributed by atoms with Crippen molar-refractivity contribution in [1.82, 2.24) is 10.2 Å². The molecule has 0 saturated heterocycles. The third-order valence-electron chi connectivity index (χ3n) is 3.06. The maximum atomic E-state index is 12.1. The Balaban J connectivity index is 2.90. The van der Waals surface area contributed by atoms with E-state index in [4.69, 9.17) is 4.74 Å². The van der Waals surface area contributed by atoms with Gasteiger partial charge >= 0.3 is 6.09 Å². The van der Waals surface area contributed by atoms with Crippen LogP contribution in [0.25, 0.3) is 0 Å². The minimum absolute atomic E-state index is 0.153. The van der Waals surface area contributed by atoms with Crippen LogP contribution in [0.3, 0.4) is 0 Å². The molecule has 0 bridgehead atoms. The average Bonchev–Trinajstić information content (AvgIpc) is 2.43. The molecule has 1 aromatic rings. The molecule has 6 nitrogen and oxygen atoms in total. The fourth-order valence-corrected chi connectivity index (χ4v) is 1.89. The van der Waals surface area contributed by atoms with Crippen LogP contribution in [0.15, 0.2) is 24.3 Å². The Morgan fingerprint density at radius 3 is 2.27 bits per heavy atom. The molecule has 0 radical (unpaired) electrons. The maximum absolute atomic E-state index is 12.1. The molecular formula is C16H24N2O4. The number of aromatic hydroxyl groups is 1. The number of phenolic OH excluding ortho intramolecular Hbond substituents is 1. The number of phenols is 1. The van der Waals surface area contributed by atoms with E-state index in [0.717, 1.165) is 5.56 Å². The van der Waals surface area contributed by atoms with Crippen molar-refractivity contribution in [2.24, 2.45) is 0 Å². The van der Waals surface area contributed by atoms with Crippen LogP contribution < -0.4 is 5.32 Å². The molecule has 0 saturated carbocycles. The van der Waals surface area contributed by atoms with E-state index in [1.54, 1.807) is 45.0 Å². The average molecular weight is 308 g/mol. The molecule has 0 unspecified atom stereocenters. The minimum atomic E-state index is -0.690. The van der Waals surface area contributed by atoms with Crippen LogP contribution in [0.4, 0.5) is 4.79 Å². The van der Waals surface area contributed by atoms with E-state index in [9.17, 15) is 14.7 Å². The molecule has 0 aliphatic rings. The van der Waals surface area contributed by atoms with Crippen molar-refractivity contribution in [3.05, 3.63) is 29.8 Å². The SMILES string of the molecule is CNC(=O)[C@H](Cc1ccc(O)cc1)N(C)C(=O)OC(C)(C)C. The molecule has 1 atom stereocenters. The van der Waals surface area contributed by atoms with E-state index >= 15 is 0 Å². The normalized spacial score (nSPS) is 12.4. The zero-order valence-corrected chi connectivity index (χ0v) is 13.7. The topological polar surface area (TPSA) is 78.9 Å². The van der Waals surface area contributed by atoms with Crippen molar-refractivity contribution in [3.8, 4) is 5.75 Å². The number of nitrogens with zero attached hydrogens (tertiary/aromatic N) is 1. The van der Waals surface area contributed by atoms with E-state index in [2.05, 4.69) is 5.32 Å². The summed E-state index contributed by atoms with van der Waals surface area (Å²) in [6.07, 6.45) is -0.227. The number of benzene rings is 1. The lowest BCUT2D eigenvalue weighted by molar-refractivity contribution is -0.125. The molecule has 122 valence electrons. The van der Waals surface area contributed by atoms with Gasteiger partial charge in [0.2, 0.25) is 5.91 Å². The van der Waals surface area contributed by atoms with Crippen LogP contribution in [-0.4, -0.2) is 47.7 Å². The highest BCUT2D eigenvalue weighted by Crippen LogP contribution is 2.16. The first kappa shape index (κ1) is 17.8. The highest BCUT2D eigenvalue weighted by Gasteiger charge is 2.29. The number of carbonyl (C=O) groups excluding carboxylic acids is 2. The second-order valence-electron chi connectivity index (χ2n) is 6.09. The van der Waals surface area contributed by atoms with Gasteiger partial charge in [-0.25, -0.2) is 4.79 Å². The number of amides is 2. The fourth-order valence-electron chi connectivity index (χ4n) is 1.89. The van der Waals surface area contributed by atoms with Gasteiger partial charge in [0.05, 0.1) is 0 Å². The van der Waals surface area contributed by atoms with Gasteiger partial charge in [0, 0.05) is 20.5 Å². The molecular weight excluding hydrogens is 284 g/mol. The van der Waals surface area contributed by atoms with Gasteiger partial charge in [0.25, 0.3) is 0 Å². The predicted octanol–water partition coefficient (Wildman–Crippen LogP) is 1.92. The highest BCUT2D eigenvalue weighted by molar-refractivity contribution is 5.85. The number of carbonyl (C=O) groups is 2. The summed E-state index contributed by atoms with van der Waals surface area (Å²) in [7, 11) is 3.06. The van der Waals surface area contributed by atoms with Crippen LogP contribution in [0.5, 0.6) is 5.75 Å². The molecule has 0 heterocycles. The van der Waals surface area contributed by atoms with Crippen molar-refractivity contribution >= 4 is 12.0 Å². The lowest BCUT2D eigenvalue weighted by Gasteiger charge is -2.29. The lowest BCUT2D eigenvalue weighted by atomic mass is 10.0. The minimum Gasteiger partial charge on any atom is -0.508 e. The summed E-state index contributed by atoms with van der Waals surface area (Å²) in [5, 5.41) is 11.9. The van der Waals surface area contributed by atoms with Gasteiger partial charge in [-0.15, -0.1) is 0 Å². The lowest BCUT2D eigenvalue weighted by Crippen LogP contribution is -2.49. The third kappa shape index (κ3) is 5.27. The number of hydrogen-bond donors (Lipinski definition) is 2. The summed E-state index contributed by atoms with van der Waals surface area (Å²) in [5.41, 5.74) is 0.207. The molecule has 2 amide bonds. The molecule has 6 heteroatoms. The van der Waals surface area contributed by atoms with Gasteiger partial charge in [-0.1, -0.05) is 12.1 Å². The maximum Gasteiger partial charge on any atom is 0.410 e. The third-order valence-corrected chi connectivity index (χ3v) is 3.06. The quantitative estimate of drug-likeness (QED) is 0.890. The molecule has 1 aromatic carbocycles. The van der Waals surface area contributed by atoms with E-state index in [0.29, 0.717) is 6.42 Å². The molecule has 0 aliphatic heterocycles. The van der Waals surface area contributed by atoms with Gasteiger partial charge in [0.15, 0.2) is 0 Å². The number of rotatable bonds is 4. The standard InChI is InChI=1S/C16H24N2O4/c1-16(2,3)22-15(21)18(5)13(14(20)17-4)10-11-6-8-12(19)9-7-11/h6-9,13,19H,10H2,1-5H3,(H,17,20)/t13-/m0/s1. The van der Waals surface area contributed by atoms with Crippen molar-refractivity contribution in [1.29, 1.82) is 0 Å². The van der Waals surface area contributed by atoms with Crippen molar-refractivity contribution < 1.29 is 19.4 Å². The number of ether oxygens (including phenoxy) is 1. The van der Waals surface area contributed by atoms with Gasteiger partial charge in [-0.2, -0.15) is 0 Å². The van der Waals surface area contributed by atoms with Crippen LogP contribution in [0.1, 0.15) is 26.3 Å². The number of hydrogen-bond acceptors (Lipinski definition) is 4. The first-order chi connectivity index (χ1) is 10.1. The predicted molar refractivity (Wildman–Crippen MR) is 83.7 cm³/mol. The van der Waals surface area contributed by atoms with Crippen molar-refractivity contribution in [2.45, 2.75) is 38.8 Å². The Labute approximate surface area is 131 Å². The summed E-state index contributed by atoms with van der Waals surface area (Å²) >= 11 is 0. The van der Waals surface area contributed by atoms with Gasteiger partial charge in [0.1, 0.15) is 17.4 Å². The Bertz CT molecular complexity index is 520. The first-order valence-electron chi connectivity index (χ1n) is 7.09. The Morgan fingerprint density at radius 1 is 1.27 bits per heavy atom. The molecule has 22 heavy (non-hydrogen) atoms. The van der Waals surface area contributed by atoms with E-state index < -0.39 is 17.7 Å². The Hall–Kier alpha value is -2.24. The summed E-state index contributed by atoms with van der Waals surface area (Å²) in [5.74, 6) is -0.123. The van der Waals surface area contributed by atoms with E-state index in [1.807, 2.05) is 0 Å². The highest BCUT2D eigenvalue weighted by atomic mass is 16.6. The summed E-state index contributed by atoms with van der Waals surface area (Å²) < 4.78 is 5.30. The summed E-state index contributed by atoms with van der Waals surface area (Å²) in [6.45, 7) is 5.31. The zero-order valence-electron chi connectivity index (χ0n) is 13.7. The molecule has 0 fully saturated rings. The van der Waals surface area contributed by atoms with Crippen LogP contribution in [-0.2, 0) is 16.0 Å². The smallest absolute Gasteiger partial charge is 0.410 e. The van der Waals surface area contributed by atoms with Crippen molar-refractivity contribution in [3.63, 3.8) is 0 Å². The van der Waals surface area contributed by atoms with Crippen LogP contribution in [0.2, 0.25) is 0 Å². The van der Waals surface area contributed by atoms with Crippen LogP contribution >= 0.6 is 0 Å². The molecule has 2 N–H and O–H groups in total. The van der Waals surface area contributed by atoms with Gasteiger partial charge in [-0.05, 0) is 38.5 Å². The van der Waals surface area contributed by atoms with Gasteiger partial charge in [-0.3, -0.25) is 9.69 Å². The molecule has 0 aliphatic carbocycles. The summed E-state index contributed by atoms with van der Waals surface area (Å²) in [6, 6.07) is 5.83. The molecule has 1 rings (SSSR count). The fraction of sp³-hybridized carbons (Fsp3) is 0.500. The second-order valence-corrected chi connectivity index (χ2v) is 6.09. The van der Waals surface area contributed by atoms with E-state index in [1.165, 1.54) is 19.0 Å². The van der Waals surface area contributed by atoms with Gasteiger partial charge < -0.3 is 15.2 Å². The molecule has 0 spiro atoms. The zero-order chi connectivity index (χ0) is 16.9. The Kier molecular flexibility index (Phi) is 5.79. The Morgan fingerprint density at radius 2 is 1.82 bits per heavy atom. The largest absolute Gasteiger partial charge is 0.508 e. The monoisotopic (exact) mass is 308 g/mol. The second kappa shape index (κ2) is 7.15. The number of likely N-dealkylation sites (N-methyl/N-ethyl adjacent to an activating group) is 2. The first-order valence-corrected chi connectivity index (χ1v) is 7.09. The molecule has 0 aromatic heterocycles. The number of nitrogens with one attached hydrogen (secondary N) is 1.